The van der Waals surface area contributed by atoms with Crippen LogP contribution in [0.2, 0.25) is 0 Å². The van der Waals surface area contributed by atoms with E-state index in [9.17, 15) is 14.4 Å². The zero-order chi connectivity index (χ0) is 26.4. The SMILES string of the molecule is COC(=O)C(NC(=O)c1cn(C)c2ccc(/C=C\c3cc(OC)c(OC)c(OC)c3)cc12)C(=O)OC. The fourth-order valence-corrected chi connectivity index (χ4v) is 3.74. The van der Waals surface area contributed by atoms with Crippen molar-refractivity contribution in [3.8, 4) is 17.2 Å². The first-order valence-electron chi connectivity index (χ1n) is 10.8. The summed E-state index contributed by atoms with van der Waals surface area (Å²) in [6, 6.07) is 7.67. The molecule has 0 radical (unpaired) electrons. The number of esters is 2. The number of rotatable bonds is 9. The van der Waals surface area contributed by atoms with Gasteiger partial charge in [-0.3, -0.25) is 4.79 Å². The maximum atomic E-state index is 13.0. The molecule has 10 heteroatoms. The molecule has 0 saturated carbocycles. The first-order chi connectivity index (χ1) is 17.3. The zero-order valence-corrected chi connectivity index (χ0v) is 20.9. The summed E-state index contributed by atoms with van der Waals surface area (Å²) in [7, 11) is 8.67. The van der Waals surface area contributed by atoms with Gasteiger partial charge in [-0.1, -0.05) is 18.2 Å². The predicted octanol–water partition coefficient (Wildman–Crippen LogP) is 2.82. The summed E-state index contributed by atoms with van der Waals surface area (Å²) < 4.78 is 27.2. The van der Waals surface area contributed by atoms with E-state index in [1.54, 1.807) is 32.0 Å². The van der Waals surface area contributed by atoms with Gasteiger partial charge in [-0.15, -0.1) is 0 Å². The Bertz CT molecular complexity index is 1280. The van der Waals surface area contributed by atoms with Gasteiger partial charge in [0.2, 0.25) is 11.8 Å². The van der Waals surface area contributed by atoms with Crippen LogP contribution >= 0.6 is 0 Å². The number of aromatic nitrogens is 1. The average Bonchev–Trinajstić information content (AvgIpc) is 3.24. The van der Waals surface area contributed by atoms with Crippen LogP contribution in [-0.2, 0) is 26.1 Å². The largest absolute Gasteiger partial charge is 0.493 e. The summed E-state index contributed by atoms with van der Waals surface area (Å²) >= 11 is 0. The maximum Gasteiger partial charge on any atom is 0.340 e. The van der Waals surface area contributed by atoms with Gasteiger partial charge < -0.3 is 33.6 Å². The molecule has 1 amide bonds. The number of nitrogens with zero attached hydrogens (tertiary/aromatic N) is 1. The van der Waals surface area contributed by atoms with E-state index in [0.29, 0.717) is 22.6 Å². The monoisotopic (exact) mass is 496 g/mol. The molecular weight excluding hydrogens is 468 g/mol. The standard InChI is InChI=1S/C26H28N2O8/c1-28-14-18(24(29)27-22(25(30)35-5)26(31)36-6)17-11-15(9-10-19(17)28)7-8-16-12-20(32-2)23(34-4)21(13-16)33-3/h7-14,22H,1-6H3,(H,27,29)/b8-7-. The molecule has 3 aromatic rings. The van der Waals surface area contributed by atoms with E-state index >= 15 is 0 Å². The molecule has 190 valence electrons. The van der Waals surface area contributed by atoms with Crippen molar-refractivity contribution in [2.45, 2.75) is 6.04 Å². The lowest BCUT2D eigenvalue weighted by molar-refractivity contribution is -0.154. The van der Waals surface area contributed by atoms with Crippen molar-refractivity contribution in [2.24, 2.45) is 7.05 Å². The molecule has 0 fully saturated rings. The van der Waals surface area contributed by atoms with E-state index in [2.05, 4.69) is 14.8 Å². The number of ether oxygens (including phenoxy) is 5. The zero-order valence-electron chi connectivity index (χ0n) is 20.9. The van der Waals surface area contributed by atoms with Crippen LogP contribution in [0.4, 0.5) is 0 Å². The third-order valence-electron chi connectivity index (χ3n) is 5.56. The van der Waals surface area contributed by atoms with E-state index < -0.39 is 23.9 Å². The Balaban J connectivity index is 1.96. The van der Waals surface area contributed by atoms with Crippen LogP contribution in [0.25, 0.3) is 23.1 Å². The van der Waals surface area contributed by atoms with E-state index in [-0.39, 0.29) is 5.56 Å². The minimum Gasteiger partial charge on any atom is -0.493 e. The molecule has 0 bridgehead atoms. The van der Waals surface area contributed by atoms with Crippen molar-refractivity contribution < 1.29 is 38.1 Å². The minimum atomic E-state index is -1.58. The Labute approximate surface area is 208 Å². The second-order valence-electron chi connectivity index (χ2n) is 7.68. The van der Waals surface area contributed by atoms with Crippen molar-refractivity contribution in [2.75, 3.05) is 35.5 Å². The highest BCUT2D eigenvalue weighted by atomic mass is 16.5. The van der Waals surface area contributed by atoms with Crippen molar-refractivity contribution in [1.82, 2.24) is 9.88 Å². The molecule has 0 atom stereocenters. The number of carbonyl (C=O) groups is 3. The third kappa shape index (κ3) is 5.27. The molecule has 0 unspecified atom stereocenters. The number of aryl methyl sites for hydroxylation is 1. The summed E-state index contributed by atoms with van der Waals surface area (Å²) in [6.45, 7) is 0. The molecule has 2 aromatic carbocycles. The smallest absolute Gasteiger partial charge is 0.340 e. The fourth-order valence-electron chi connectivity index (χ4n) is 3.74. The second-order valence-corrected chi connectivity index (χ2v) is 7.68. The molecule has 36 heavy (non-hydrogen) atoms. The number of amides is 1. The minimum absolute atomic E-state index is 0.286. The normalized spacial score (nSPS) is 11.0. The van der Waals surface area contributed by atoms with Crippen molar-refractivity contribution in [3.63, 3.8) is 0 Å². The molecule has 1 aromatic heterocycles. The molecule has 1 heterocycles. The fraction of sp³-hybridized carbons (Fsp3) is 0.269. The summed E-state index contributed by atoms with van der Waals surface area (Å²) in [5, 5.41) is 3.03. The number of methoxy groups -OCH3 is 5. The van der Waals surface area contributed by atoms with Gasteiger partial charge in [0.15, 0.2) is 11.5 Å². The summed E-state index contributed by atoms with van der Waals surface area (Å²) in [4.78, 5) is 37.0. The summed E-state index contributed by atoms with van der Waals surface area (Å²) in [5.41, 5.74) is 2.70. The van der Waals surface area contributed by atoms with Gasteiger partial charge in [-0.25, -0.2) is 9.59 Å². The van der Waals surface area contributed by atoms with Crippen LogP contribution < -0.4 is 19.5 Å². The first kappa shape index (κ1) is 26.1. The second kappa shape index (κ2) is 11.3. The van der Waals surface area contributed by atoms with Crippen LogP contribution in [-0.4, -0.2) is 64.0 Å². The number of nitrogens with one attached hydrogen (secondary N) is 1. The number of carbonyl (C=O) groups excluding carboxylic acids is 3. The lowest BCUT2D eigenvalue weighted by atomic mass is 10.1. The van der Waals surface area contributed by atoms with Crippen LogP contribution in [0.1, 0.15) is 21.5 Å². The van der Waals surface area contributed by atoms with Crippen molar-refractivity contribution >= 4 is 40.9 Å². The van der Waals surface area contributed by atoms with Crippen LogP contribution in [0.5, 0.6) is 17.2 Å². The number of hydrogen-bond donors (Lipinski definition) is 1. The Hall–Kier alpha value is -4.47. The Morgan fingerprint density at radius 2 is 1.42 bits per heavy atom. The highest BCUT2D eigenvalue weighted by molar-refractivity contribution is 6.11. The molecule has 0 aliphatic rings. The number of benzene rings is 2. The van der Waals surface area contributed by atoms with Gasteiger partial charge in [-0.05, 0) is 35.4 Å². The van der Waals surface area contributed by atoms with E-state index in [1.165, 1.54) is 7.11 Å². The number of fused-ring (bicyclic) bond motifs is 1. The average molecular weight is 497 g/mol. The summed E-state index contributed by atoms with van der Waals surface area (Å²) in [5.74, 6) is -0.920. The van der Waals surface area contributed by atoms with Gasteiger partial charge in [0.05, 0.1) is 41.1 Å². The molecule has 0 aliphatic carbocycles. The van der Waals surface area contributed by atoms with Gasteiger partial charge in [0.1, 0.15) is 0 Å². The van der Waals surface area contributed by atoms with E-state index in [4.69, 9.17) is 14.2 Å². The number of hydrogen-bond acceptors (Lipinski definition) is 8. The Morgan fingerprint density at radius 3 is 1.94 bits per heavy atom. The van der Waals surface area contributed by atoms with Gasteiger partial charge in [0.25, 0.3) is 5.91 Å². The topological polar surface area (TPSA) is 114 Å². The predicted molar refractivity (Wildman–Crippen MR) is 133 cm³/mol. The molecule has 0 spiro atoms. The van der Waals surface area contributed by atoms with Gasteiger partial charge >= 0.3 is 11.9 Å². The Morgan fingerprint density at radius 1 is 0.833 bits per heavy atom. The van der Waals surface area contributed by atoms with Gasteiger partial charge in [0, 0.05) is 24.1 Å². The van der Waals surface area contributed by atoms with Crippen LogP contribution in [0.15, 0.2) is 36.5 Å². The highest BCUT2D eigenvalue weighted by Crippen LogP contribution is 2.38. The molecular formula is C26H28N2O8. The maximum absolute atomic E-state index is 13.0. The highest BCUT2D eigenvalue weighted by Gasteiger charge is 2.31. The molecule has 3 rings (SSSR count). The molecule has 0 aliphatic heterocycles. The van der Waals surface area contributed by atoms with E-state index in [1.807, 2.05) is 42.5 Å². The molecule has 10 nitrogen and oxygen atoms in total. The lowest BCUT2D eigenvalue weighted by Gasteiger charge is -2.13. The van der Waals surface area contributed by atoms with Gasteiger partial charge in [-0.2, -0.15) is 0 Å². The first-order valence-corrected chi connectivity index (χ1v) is 10.8. The quantitative estimate of drug-likeness (QED) is 0.273. The van der Waals surface area contributed by atoms with Crippen molar-refractivity contribution in [1.29, 1.82) is 0 Å². The van der Waals surface area contributed by atoms with Crippen molar-refractivity contribution in [3.05, 3.63) is 53.2 Å². The summed E-state index contributed by atoms with van der Waals surface area (Å²) in [6.07, 6.45) is 5.37. The lowest BCUT2D eigenvalue weighted by Crippen LogP contribution is -2.47. The van der Waals surface area contributed by atoms with Crippen LogP contribution in [0.3, 0.4) is 0 Å². The van der Waals surface area contributed by atoms with E-state index in [0.717, 1.165) is 30.9 Å². The molecule has 0 saturated heterocycles. The molecule has 1 N–H and O–H groups in total. The third-order valence-corrected chi connectivity index (χ3v) is 5.56. The van der Waals surface area contributed by atoms with Crippen LogP contribution in [0, 0.1) is 0 Å². The Kier molecular flexibility index (Phi) is 8.21.